The molecule has 0 saturated carbocycles. The summed E-state index contributed by atoms with van der Waals surface area (Å²) < 4.78 is 4.88. The first kappa shape index (κ1) is 26.6. The number of rotatable bonds is 11. The van der Waals surface area contributed by atoms with E-state index in [9.17, 15) is 24.0 Å². The molecule has 1 saturated heterocycles. The van der Waals surface area contributed by atoms with Gasteiger partial charge in [0.05, 0.1) is 6.20 Å². The lowest BCUT2D eigenvalue weighted by atomic mass is 9.95. The molecule has 0 radical (unpaired) electrons. The highest BCUT2D eigenvalue weighted by atomic mass is 16.5. The summed E-state index contributed by atoms with van der Waals surface area (Å²) in [6, 6.07) is -2.43. The van der Waals surface area contributed by atoms with Crippen molar-refractivity contribution in [3.8, 4) is 0 Å². The van der Waals surface area contributed by atoms with E-state index in [0.29, 0.717) is 12.8 Å². The van der Waals surface area contributed by atoms with Gasteiger partial charge < -0.3 is 31.1 Å². The van der Waals surface area contributed by atoms with Crippen LogP contribution in [0.5, 0.6) is 0 Å². The third-order valence-corrected chi connectivity index (χ3v) is 5.17. The summed E-state index contributed by atoms with van der Waals surface area (Å²) in [6.45, 7) is 2.65. The van der Waals surface area contributed by atoms with Gasteiger partial charge in [-0.2, -0.15) is 0 Å². The van der Waals surface area contributed by atoms with Gasteiger partial charge in [0, 0.05) is 25.0 Å². The van der Waals surface area contributed by atoms with Crippen LogP contribution in [0.3, 0.4) is 0 Å². The molecular weight excluding hydrogens is 448 g/mol. The average molecular weight is 479 g/mol. The maximum absolute atomic E-state index is 13.1. The highest BCUT2D eigenvalue weighted by molar-refractivity contribution is 5.93. The van der Waals surface area contributed by atoms with E-state index in [1.807, 2.05) is 13.8 Å². The van der Waals surface area contributed by atoms with E-state index in [0.717, 1.165) is 0 Å². The molecule has 5 N–H and O–H groups in total. The van der Waals surface area contributed by atoms with Gasteiger partial charge in [-0.3, -0.25) is 24.2 Å². The monoisotopic (exact) mass is 478 g/mol. The van der Waals surface area contributed by atoms with E-state index in [-0.39, 0.29) is 24.6 Å². The van der Waals surface area contributed by atoms with Crippen LogP contribution in [0.15, 0.2) is 18.6 Å². The van der Waals surface area contributed by atoms with Gasteiger partial charge in [-0.05, 0) is 25.2 Å². The number of carbonyl (C=O) groups excluding carboxylic acids is 4. The summed E-state index contributed by atoms with van der Waals surface area (Å²) in [5, 5.41) is 14.1. The first-order valence-corrected chi connectivity index (χ1v) is 10.8. The van der Waals surface area contributed by atoms with Crippen LogP contribution < -0.4 is 16.4 Å². The number of carbonyl (C=O) groups is 5. The van der Waals surface area contributed by atoms with Crippen LogP contribution in [0.2, 0.25) is 0 Å². The van der Waals surface area contributed by atoms with Crippen molar-refractivity contribution in [3.63, 3.8) is 0 Å². The minimum absolute atomic E-state index is 0.0651. The van der Waals surface area contributed by atoms with Crippen molar-refractivity contribution >= 4 is 29.6 Å². The molecule has 0 unspecified atom stereocenters. The van der Waals surface area contributed by atoms with Crippen LogP contribution in [0, 0.1) is 5.92 Å². The second-order valence-electron chi connectivity index (χ2n) is 8.37. The van der Waals surface area contributed by atoms with Gasteiger partial charge in [0.15, 0.2) is 0 Å². The van der Waals surface area contributed by atoms with Crippen LogP contribution >= 0.6 is 0 Å². The normalized spacial score (nSPS) is 18.7. The van der Waals surface area contributed by atoms with Crippen LogP contribution in [0.1, 0.15) is 43.6 Å². The molecule has 1 aliphatic rings. The van der Waals surface area contributed by atoms with E-state index < -0.39 is 60.9 Å². The zero-order valence-corrected chi connectivity index (χ0v) is 19.1. The fraction of sp³-hybridized carbons (Fsp3) is 0.571. The van der Waals surface area contributed by atoms with Gasteiger partial charge in [0.1, 0.15) is 31.0 Å². The number of hydrogen-bond acceptors (Lipinski definition) is 8. The third kappa shape index (κ3) is 8.06. The maximum Gasteiger partial charge on any atom is 0.329 e. The molecule has 3 atom stereocenters. The fourth-order valence-electron chi connectivity index (χ4n) is 3.61. The molecule has 0 aliphatic carbocycles. The Kier molecular flexibility index (Phi) is 9.86. The van der Waals surface area contributed by atoms with Crippen molar-refractivity contribution in [1.29, 1.82) is 0 Å². The van der Waals surface area contributed by atoms with Crippen LogP contribution in [-0.2, 0) is 23.9 Å². The molecule has 4 amide bonds. The van der Waals surface area contributed by atoms with Crippen LogP contribution in [0.4, 0.5) is 0 Å². The molecule has 13 nitrogen and oxygen atoms in total. The number of hydrogen-bond donors (Lipinski definition) is 4. The fourth-order valence-corrected chi connectivity index (χ4v) is 3.61. The second-order valence-corrected chi connectivity index (χ2v) is 8.37. The Labute approximate surface area is 196 Å². The van der Waals surface area contributed by atoms with Crippen molar-refractivity contribution in [1.82, 2.24) is 25.5 Å². The Morgan fingerprint density at radius 2 is 1.97 bits per heavy atom. The Morgan fingerprint density at radius 1 is 1.24 bits per heavy atom. The van der Waals surface area contributed by atoms with Gasteiger partial charge in [0.2, 0.25) is 17.7 Å². The van der Waals surface area contributed by atoms with Gasteiger partial charge >= 0.3 is 5.97 Å². The smallest absolute Gasteiger partial charge is 0.329 e. The molecule has 34 heavy (non-hydrogen) atoms. The summed E-state index contributed by atoms with van der Waals surface area (Å²) in [6.07, 6.45) is 4.83. The van der Waals surface area contributed by atoms with Crippen molar-refractivity contribution in [3.05, 3.63) is 24.3 Å². The second kappa shape index (κ2) is 12.6. The molecule has 0 spiro atoms. The van der Waals surface area contributed by atoms with Crippen LogP contribution in [-0.4, -0.2) is 87.5 Å². The topological polar surface area (TPSA) is 194 Å². The number of nitrogens with two attached hydrogens (primary N) is 1. The number of carboxylic acid groups (broad SMARTS) is 1. The van der Waals surface area contributed by atoms with E-state index in [4.69, 9.17) is 15.6 Å². The predicted molar refractivity (Wildman–Crippen MR) is 117 cm³/mol. The summed E-state index contributed by atoms with van der Waals surface area (Å²) >= 11 is 0. The minimum Gasteiger partial charge on any atom is -0.480 e. The zero-order valence-electron chi connectivity index (χ0n) is 19.1. The van der Waals surface area contributed by atoms with E-state index in [1.54, 1.807) is 0 Å². The van der Waals surface area contributed by atoms with Gasteiger partial charge in [-0.1, -0.05) is 13.8 Å². The molecule has 13 heteroatoms. The Balaban J connectivity index is 2.14. The van der Waals surface area contributed by atoms with Crippen molar-refractivity contribution < 1.29 is 33.8 Å². The van der Waals surface area contributed by atoms with Crippen LogP contribution in [0.25, 0.3) is 0 Å². The number of primary amides is 1. The molecule has 2 rings (SSSR count). The standard InChI is InChI=1S/C21H30N6O7/c1-12(2)7-14(19(22)31)26-21(33)16-8-13(25-20(32)15-9-23-4-5-24-15)3-6-27(16)17(28)10-34-11-18(29)30/h4-5,9,12-14,16H,3,6-8,10-11H2,1-2H3,(H2,22,31)(H,25,32)(H,26,33)(H,29,30)/t13-,14+,16+/m0/s1. The minimum atomic E-state index is -1.23. The number of piperidine rings is 1. The Morgan fingerprint density at radius 3 is 2.56 bits per heavy atom. The molecule has 0 aromatic carbocycles. The molecule has 1 aromatic heterocycles. The first-order chi connectivity index (χ1) is 16.1. The highest BCUT2D eigenvalue weighted by Crippen LogP contribution is 2.20. The quantitative estimate of drug-likeness (QED) is 0.298. The lowest BCUT2D eigenvalue weighted by Gasteiger charge is -2.39. The number of ether oxygens (including phenoxy) is 1. The highest BCUT2D eigenvalue weighted by Gasteiger charge is 2.38. The van der Waals surface area contributed by atoms with Crippen molar-refractivity contribution in [2.75, 3.05) is 19.8 Å². The number of nitrogens with zero attached hydrogens (tertiary/aromatic N) is 3. The molecule has 186 valence electrons. The molecule has 0 bridgehead atoms. The number of carboxylic acids is 1. The first-order valence-electron chi connectivity index (χ1n) is 10.8. The molecule has 1 aliphatic heterocycles. The largest absolute Gasteiger partial charge is 0.480 e. The van der Waals surface area contributed by atoms with E-state index >= 15 is 0 Å². The summed E-state index contributed by atoms with van der Waals surface area (Å²) in [5.41, 5.74) is 5.54. The van der Waals surface area contributed by atoms with Crippen molar-refractivity contribution in [2.45, 2.75) is 51.2 Å². The van der Waals surface area contributed by atoms with Crippen molar-refractivity contribution in [2.24, 2.45) is 11.7 Å². The molecule has 2 heterocycles. The summed E-state index contributed by atoms with van der Waals surface area (Å²) in [4.78, 5) is 69.8. The maximum atomic E-state index is 13.1. The predicted octanol–water partition coefficient (Wildman–Crippen LogP) is -1.32. The third-order valence-electron chi connectivity index (χ3n) is 5.17. The average Bonchev–Trinajstić information content (AvgIpc) is 2.78. The SMILES string of the molecule is CC(C)C[C@@H](NC(=O)[C@H]1C[C@@H](NC(=O)c2cnccn2)CCN1C(=O)COCC(=O)O)C(N)=O. The molecule has 1 fully saturated rings. The summed E-state index contributed by atoms with van der Waals surface area (Å²) in [5.74, 6) is -3.52. The van der Waals surface area contributed by atoms with Gasteiger partial charge in [-0.25, -0.2) is 9.78 Å². The molecule has 1 aromatic rings. The number of amides is 4. The number of likely N-dealkylation sites (tertiary alicyclic amines) is 1. The van der Waals surface area contributed by atoms with Gasteiger partial charge in [-0.15, -0.1) is 0 Å². The number of aromatic nitrogens is 2. The lowest BCUT2D eigenvalue weighted by molar-refractivity contribution is -0.150. The van der Waals surface area contributed by atoms with E-state index in [2.05, 4.69) is 20.6 Å². The zero-order chi connectivity index (χ0) is 25.3. The lowest BCUT2D eigenvalue weighted by Crippen LogP contribution is -2.60. The molecular formula is C21H30N6O7. The summed E-state index contributed by atoms with van der Waals surface area (Å²) in [7, 11) is 0. The van der Waals surface area contributed by atoms with Gasteiger partial charge in [0.25, 0.3) is 5.91 Å². The Bertz CT molecular complexity index is 895. The Hall–Kier alpha value is -3.61. The number of nitrogens with one attached hydrogen (secondary N) is 2. The number of aliphatic carboxylic acids is 1. The van der Waals surface area contributed by atoms with E-state index in [1.165, 1.54) is 23.5 Å².